The smallest absolute Gasteiger partial charge is 0.258 e. The maximum absolute atomic E-state index is 13.6. The number of nitrogens with one attached hydrogen (secondary N) is 2. The monoisotopic (exact) mass is 383 g/mol. The molecule has 2 aromatic heterocycles. The Balaban J connectivity index is 1.48. The van der Waals surface area contributed by atoms with Crippen LogP contribution in [0.2, 0.25) is 0 Å². The third-order valence-corrected chi connectivity index (χ3v) is 5.31. The molecule has 0 bridgehead atoms. The first kappa shape index (κ1) is 18.3. The highest BCUT2D eigenvalue weighted by molar-refractivity contribution is 5.86. The van der Waals surface area contributed by atoms with E-state index < -0.39 is 0 Å². The Hall–Kier alpha value is -3.09. The van der Waals surface area contributed by atoms with E-state index in [0.29, 0.717) is 0 Å². The zero-order chi connectivity index (χ0) is 19.8. The van der Waals surface area contributed by atoms with E-state index in [1.54, 1.807) is 16.8 Å². The van der Waals surface area contributed by atoms with Gasteiger partial charge in [-0.3, -0.25) is 9.59 Å². The number of fused-ring (bicyclic) bond motifs is 3. The molecule has 6 nitrogen and oxygen atoms in total. The number of hydrogen-bond acceptors (Lipinski definition) is 3. The maximum atomic E-state index is 13.6. The number of H-pyrrole nitrogens is 1. The van der Waals surface area contributed by atoms with Crippen molar-refractivity contribution in [2.24, 2.45) is 7.05 Å². The third kappa shape index (κ3) is 3.40. The van der Waals surface area contributed by atoms with E-state index in [9.17, 15) is 14.0 Å². The average molecular weight is 383 g/mol. The summed E-state index contributed by atoms with van der Waals surface area (Å²) in [6, 6.07) is 5.97. The second kappa shape index (κ2) is 7.14. The number of nitrogens with zero attached hydrogens (tertiary/aromatic N) is 1. The lowest BCUT2D eigenvalue weighted by Gasteiger charge is -2.23. The minimum absolute atomic E-state index is 0.147. The van der Waals surface area contributed by atoms with E-state index in [2.05, 4.69) is 10.3 Å². The number of carbonyl (C=O) groups excluding carboxylic acids is 1. The highest BCUT2D eigenvalue weighted by Gasteiger charge is 2.26. The van der Waals surface area contributed by atoms with Crippen LogP contribution >= 0.6 is 0 Å². The lowest BCUT2D eigenvalue weighted by molar-refractivity contribution is -0.124. The zero-order valence-corrected chi connectivity index (χ0v) is 15.8. The molecule has 0 aliphatic heterocycles. The molecular formula is C21H22FN3O3. The summed E-state index contributed by atoms with van der Waals surface area (Å²) in [4.78, 5) is 27.7. The van der Waals surface area contributed by atoms with Crippen LogP contribution in [0, 0.1) is 12.7 Å². The van der Waals surface area contributed by atoms with Crippen LogP contribution in [0.15, 0.2) is 35.3 Å². The van der Waals surface area contributed by atoms with Gasteiger partial charge in [-0.1, -0.05) is 0 Å². The molecule has 1 amide bonds. The molecule has 28 heavy (non-hydrogen) atoms. The van der Waals surface area contributed by atoms with Crippen molar-refractivity contribution in [1.82, 2.24) is 14.9 Å². The molecule has 1 atom stereocenters. The van der Waals surface area contributed by atoms with Crippen LogP contribution in [-0.2, 0) is 18.3 Å². The Morgan fingerprint density at radius 3 is 3.04 bits per heavy atom. The van der Waals surface area contributed by atoms with Gasteiger partial charge in [0.05, 0.1) is 6.04 Å². The number of benzene rings is 1. The van der Waals surface area contributed by atoms with Gasteiger partial charge in [0.2, 0.25) is 5.43 Å². The Kier molecular flexibility index (Phi) is 4.66. The molecular weight excluding hydrogens is 361 g/mol. The van der Waals surface area contributed by atoms with E-state index in [0.717, 1.165) is 47.1 Å². The van der Waals surface area contributed by atoms with Gasteiger partial charge in [-0.05, 0) is 49.9 Å². The van der Waals surface area contributed by atoms with E-state index >= 15 is 0 Å². The summed E-state index contributed by atoms with van der Waals surface area (Å²) in [6.07, 6.45) is 4.12. The number of carbonyl (C=O) groups is 1. The minimum atomic E-state index is -0.301. The van der Waals surface area contributed by atoms with E-state index in [1.807, 2.05) is 14.0 Å². The first-order chi connectivity index (χ1) is 13.4. The highest BCUT2D eigenvalue weighted by atomic mass is 19.1. The number of hydrogen-bond donors (Lipinski definition) is 2. The van der Waals surface area contributed by atoms with Gasteiger partial charge in [-0.25, -0.2) is 4.39 Å². The van der Waals surface area contributed by atoms with E-state index in [1.165, 1.54) is 18.2 Å². The van der Waals surface area contributed by atoms with Gasteiger partial charge in [-0.15, -0.1) is 0 Å². The molecule has 0 radical (unpaired) electrons. The van der Waals surface area contributed by atoms with Crippen LogP contribution in [0.1, 0.15) is 35.8 Å². The molecule has 2 heterocycles. The molecule has 1 aliphatic carbocycles. The van der Waals surface area contributed by atoms with Crippen molar-refractivity contribution < 1.29 is 13.9 Å². The van der Waals surface area contributed by atoms with Gasteiger partial charge < -0.3 is 19.6 Å². The largest absolute Gasteiger partial charge is 0.478 e. The summed E-state index contributed by atoms with van der Waals surface area (Å²) in [7, 11) is 1.81. The fraction of sp³-hybridized carbons (Fsp3) is 0.333. The summed E-state index contributed by atoms with van der Waals surface area (Å²) >= 11 is 0. The number of rotatable bonds is 4. The van der Waals surface area contributed by atoms with Gasteiger partial charge in [0, 0.05) is 41.6 Å². The number of pyridine rings is 1. The second-order valence-electron chi connectivity index (χ2n) is 7.26. The molecule has 0 saturated carbocycles. The van der Waals surface area contributed by atoms with Gasteiger partial charge >= 0.3 is 0 Å². The van der Waals surface area contributed by atoms with Crippen LogP contribution in [0.4, 0.5) is 4.39 Å². The number of ether oxygens (including phenoxy) is 1. The number of halogens is 1. The predicted octanol–water partition coefficient (Wildman–Crippen LogP) is 2.89. The quantitative estimate of drug-likeness (QED) is 0.727. The fourth-order valence-electron chi connectivity index (χ4n) is 3.77. The molecule has 146 valence electrons. The van der Waals surface area contributed by atoms with Crippen molar-refractivity contribution in [3.8, 4) is 5.75 Å². The zero-order valence-electron chi connectivity index (χ0n) is 15.8. The van der Waals surface area contributed by atoms with Crippen LogP contribution in [0.25, 0.3) is 10.9 Å². The lowest BCUT2D eigenvalue weighted by Crippen LogP contribution is -2.35. The number of aryl methyl sites for hydroxylation is 3. The summed E-state index contributed by atoms with van der Waals surface area (Å²) in [6.45, 7) is 1.59. The third-order valence-electron chi connectivity index (χ3n) is 5.31. The van der Waals surface area contributed by atoms with Crippen LogP contribution in [0.5, 0.6) is 5.75 Å². The van der Waals surface area contributed by atoms with Crippen LogP contribution < -0.4 is 15.5 Å². The molecule has 1 aromatic carbocycles. The number of amides is 1. The van der Waals surface area contributed by atoms with Crippen molar-refractivity contribution >= 4 is 16.8 Å². The first-order valence-electron chi connectivity index (χ1n) is 9.32. The van der Waals surface area contributed by atoms with Crippen LogP contribution in [0.3, 0.4) is 0 Å². The summed E-state index contributed by atoms with van der Waals surface area (Å²) in [5, 5.41) is 3.84. The van der Waals surface area contributed by atoms with Gasteiger partial charge in [0.15, 0.2) is 12.4 Å². The predicted molar refractivity (Wildman–Crippen MR) is 104 cm³/mol. The summed E-state index contributed by atoms with van der Waals surface area (Å²) in [5.74, 6) is -0.424. The summed E-state index contributed by atoms with van der Waals surface area (Å²) in [5.41, 5.74) is 3.41. The Morgan fingerprint density at radius 2 is 2.21 bits per heavy atom. The minimum Gasteiger partial charge on any atom is -0.478 e. The molecule has 0 unspecified atom stereocenters. The Morgan fingerprint density at radius 1 is 1.39 bits per heavy atom. The van der Waals surface area contributed by atoms with Crippen molar-refractivity contribution in [3.05, 3.63) is 63.5 Å². The SMILES string of the molecule is Cc1cc(=O)c(OCC(=O)N[C@@H]2CCCc3c2[nH]c2ccc(F)cc32)cn1C. The normalized spacial score (nSPS) is 16.0. The van der Waals surface area contributed by atoms with Crippen molar-refractivity contribution in [3.63, 3.8) is 0 Å². The van der Waals surface area contributed by atoms with Crippen molar-refractivity contribution in [1.29, 1.82) is 0 Å². The standard InChI is InChI=1S/C21H22FN3O3/c1-12-8-18(26)19(10-25(12)2)28-11-20(27)23-17-5-3-4-14-15-9-13(22)6-7-16(15)24-21(14)17/h6-10,17,24H,3-5,11H2,1-2H3,(H,23,27)/t17-/m1/s1. The molecule has 2 N–H and O–H groups in total. The van der Waals surface area contributed by atoms with Crippen molar-refractivity contribution in [2.45, 2.75) is 32.2 Å². The Labute approximate surface area is 161 Å². The number of aromatic amines is 1. The number of aromatic nitrogens is 2. The van der Waals surface area contributed by atoms with Gasteiger partial charge in [0.1, 0.15) is 5.82 Å². The van der Waals surface area contributed by atoms with Gasteiger partial charge in [0.25, 0.3) is 5.91 Å². The van der Waals surface area contributed by atoms with Gasteiger partial charge in [-0.2, -0.15) is 0 Å². The molecule has 0 spiro atoms. The molecule has 7 heteroatoms. The molecule has 0 saturated heterocycles. The second-order valence-corrected chi connectivity index (χ2v) is 7.26. The maximum Gasteiger partial charge on any atom is 0.258 e. The van der Waals surface area contributed by atoms with E-state index in [-0.39, 0.29) is 35.6 Å². The molecule has 4 rings (SSSR count). The first-order valence-corrected chi connectivity index (χ1v) is 9.32. The fourth-order valence-corrected chi connectivity index (χ4v) is 3.77. The summed E-state index contributed by atoms with van der Waals surface area (Å²) < 4.78 is 20.8. The molecule has 3 aromatic rings. The topological polar surface area (TPSA) is 76.1 Å². The van der Waals surface area contributed by atoms with Crippen LogP contribution in [-0.4, -0.2) is 22.1 Å². The lowest BCUT2D eigenvalue weighted by atomic mass is 9.91. The average Bonchev–Trinajstić information content (AvgIpc) is 3.03. The van der Waals surface area contributed by atoms with E-state index in [4.69, 9.17) is 4.74 Å². The highest BCUT2D eigenvalue weighted by Crippen LogP contribution is 2.34. The Bertz CT molecular complexity index is 1120. The van der Waals surface area contributed by atoms with Crippen molar-refractivity contribution in [2.75, 3.05) is 6.61 Å². The molecule has 1 aliphatic rings. The molecule has 0 fully saturated rings.